The first kappa shape index (κ1) is 16.2. The monoisotopic (exact) mass is 340 g/mol. The fourth-order valence-electron chi connectivity index (χ4n) is 4.01. The third-order valence-corrected chi connectivity index (χ3v) is 5.35. The van der Waals surface area contributed by atoms with Gasteiger partial charge in [0.2, 0.25) is 0 Å². The number of hydrogen-bond donors (Lipinski definition) is 0. The normalized spacial score (nSPS) is 23.2. The Kier molecular flexibility index (Phi) is 4.25. The lowest BCUT2D eigenvalue weighted by Crippen LogP contribution is -2.33. The fourth-order valence-corrected chi connectivity index (χ4v) is 4.01. The van der Waals surface area contributed by atoms with Gasteiger partial charge in [0.1, 0.15) is 12.1 Å². The van der Waals surface area contributed by atoms with Crippen molar-refractivity contribution in [1.29, 1.82) is 0 Å². The van der Waals surface area contributed by atoms with E-state index < -0.39 is 0 Å². The third-order valence-electron chi connectivity index (χ3n) is 5.35. The van der Waals surface area contributed by atoms with Crippen molar-refractivity contribution in [2.75, 3.05) is 37.6 Å². The van der Waals surface area contributed by atoms with Crippen LogP contribution in [0.2, 0.25) is 0 Å². The number of likely N-dealkylation sites (tertiary alicyclic amines) is 1. The molecule has 0 spiro atoms. The van der Waals surface area contributed by atoms with Crippen molar-refractivity contribution in [2.24, 2.45) is 11.8 Å². The van der Waals surface area contributed by atoms with Crippen LogP contribution in [0.25, 0.3) is 0 Å². The van der Waals surface area contributed by atoms with Crippen molar-refractivity contribution in [1.82, 2.24) is 24.4 Å². The van der Waals surface area contributed by atoms with Crippen molar-refractivity contribution in [2.45, 2.75) is 20.4 Å². The van der Waals surface area contributed by atoms with Crippen LogP contribution in [0, 0.1) is 25.7 Å². The molecule has 7 heteroatoms. The van der Waals surface area contributed by atoms with Crippen LogP contribution in [-0.4, -0.2) is 57.1 Å². The molecule has 2 aliphatic heterocycles. The average Bonchev–Trinajstić information content (AvgIpc) is 3.12. The first-order chi connectivity index (χ1) is 12.1. The first-order valence-electron chi connectivity index (χ1n) is 8.87. The second-order valence-corrected chi connectivity index (χ2v) is 7.26. The van der Waals surface area contributed by atoms with Crippen LogP contribution >= 0.6 is 0 Å². The Balaban J connectivity index is 1.33. The number of nitrogens with zero attached hydrogens (tertiary/aromatic N) is 6. The summed E-state index contributed by atoms with van der Waals surface area (Å²) in [5, 5.41) is 0. The second kappa shape index (κ2) is 6.55. The quantitative estimate of drug-likeness (QED) is 0.817. The zero-order valence-electron chi connectivity index (χ0n) is 14.8. The van der Waals surface area contributed by atoms with Crippen molar-refractivity contribution < 1.29 is 0 Å². The highest BCUT2D eigenvalue weighted by atomic mass is 16.1. The summed E-state index contributed by atoms with van der Waals surface area (Å²) in [7, 11) is 0. The molecule has 0 aromatic carbocycles. The Morgan fingerprint density at radius 2 is 1.68 bits per heavy atom. The average molecular weight is 340 g/mol. The van der Waals surface area contributed by atoms with Crippen molar-refractivity contribution in [3.05, 3.63) is 46.5 Å². The van der Waals surface area contributed by atoms with Gasteiger partial charge in [-0.1, -0.05) is 0 Å². The lowest BCUT2D eigenvalue weighted by Gasteiger charge is -2.22. The molecule has 0 aliphatic carbocycles. The molecule has 4 rings (SSSR count). The lowest BCUT2D eigenvalue weighted by atomic mass is 10.0. The molecule has 25 heavy (non-hydrogen) atoms. The van der Waals surface area contributed by atoms with E-state index >= 15 is 0 Å². The van der Waals surface area contributed by atoms with Gasteiger partial charge in [-0.15, -0.1) is 0 Å². The van der Waals surface area contributed by atoms with Gasteiger partial charge in [0.15, 0.2) is 0 Å². The molecule has 2 aromatic rings. The summed E-state index contributed by atoms with van der Waals surface area (Å²) in [5.41, 5.74) is 1.83. The minimum Gasteiger partial charge on any atom is -0.356 e. The summed E-state index contributed by atoms with van der Waals surface area (Å²) in [4.78, 5) is 29.6. The maximum absolute atomic E-state index is 12.0. The molecular formula is C18H24N6O. The maximum Gasteiger partial charge on any atom is 0.253 e. The first-order valence-corrected chi connectivity index (χ1v) is 8.87. The van der Waals surface area contributed by atoms with Crippen molar-refractivity contribution in [3.63, 3.8) is 0 Å². The molecule has 2 unspecified atom stereocenters. The predicted molar refractivity (Wildman–Crippen MR) is 95.6 cm³/mol. The van der Waals surface area contributed by atoms with Crippen LogP contribution < -0.4 is 10.5 Å². The summed E-state index contributed by atoms with van der Waals surface area (Å²) < 4.78 is 1.71. The van der Waals surface area contributed by atoms with E-state index in [9.17, 15) is 4.79 Å². The standard InChI is InChI=1S/C18H24N6O/c1-13-5-17(20-11-19-13)24-9-15-7-22(8-16(15)10-24)3-4-23-12-21-14(2)6-18(23)25/h5-6,11-12,15-16H,3-4,7-10H2,1-2H3. The van der Waals surface area contributed by atoms with Gasteiger partial charge >= 0.3 is 0 Å². The molecule has 0 N–H and O–H groups in total. The predicted octanol–water partition coefficient (Wildman–Crippen LogP) is 0.718. The molecule has 4 heterocycles. The second-order valence-electron chi connectivity index (χ2n) is 7.26. The Morgan fingerprint density at radius 3 is 2.36 bits per heavy atom. The molecule has 2 aromatic heterocycles. The molecular weight excluding hydrogens is 316 g/mol. The van der Waals surface area contributed by atoms with E-state index in [1.807, 2.05) is 13.8 Å². The van der Waals surface area contributed by atoms with Crippen LogP contribution in [-0.2, 0) is 6.54 Å². The topological polar surface area (TPSA) is 67.2 Å². The zero-order chi connectivity index (χ0) is 17.4. The summed E-state index contributed by atoms with van der Waals surface area (Å²) in [5.74, 6) is 2.41. The molecule has 7 nitrogen and oxygen atoms in total. The van der Waals surface area contributed by atoms with Gasteiger partial charge in [-0.2, -0.15) is 0 Å². The molecule has 0 amide bonds. The third kappa shape index (κ3) is 3.42. The van der Waals surface area contributed by atoms with Crippen LogP contribution in [0.5, 0.6) is 0 Å². The van der Waals surface area contributed by atoms with E-state index in [4.69, 9.17) is 0 Å². The van der Waals surface area contributed by atoms with Crippen molar-refractivity contribution in [3.8, 4) is 0 Å². The van der Waals surface area contributed by atoms with Crippen LogP contribution in [0.15, 0.2) is 29.6 Å². The van der Waals surface area contributed by atoms with E-state index in [1.54, 1.807) is 23.3 Å². The Bertz CT molecular complexity index is 805. The van der Waals surface area contributed by atoms with Crippen LogP contribution in [0.4, 0.5) is 5.82 Å². The largest absolute Gasteiger partial charge is 0.356 e. The molecule has 0 radical (unpaired) electrons. The van der Waals surface area contributed by atoms with E-state index in [0.717, 1.165) is 49.9 Å². The van der Waals surface area contributed by atoms with Gasteiger partial charge in [-0.05, 0) is 25.7 Å². The highest BCUT2D eigenvalue weighted by Gasteiger charge is 2.40. The van der Waals surface area contributed by atoms with Crippen LogP contribution in [0.3, 0.4) is 0 Å². The number of rotatable bonds is 4. The number of aryl methyl sites for hydroxylation is 2. The van der Waals surface area contributed by atoms with E-state index in [-0.39, 0.29) is 5.56 Å². The molecule has 0 saturated carbocycles. The minimum absolute atomic E-state index is 0.0391. The molecule has 2 atom stereocenters. The highest BCUT2D eigenvalue weighted by molar-refractivity contribution is 5.40. The minimum atomic E-state index is 0.0391. The Labute approximate surface area is 147 Å². The number of aromatic nitrogens is 4. The SMILES string of the molecule is Cc1cc(N2CC3CN(CCn4cnc(C)cc4=O)CC3C2)ncn1. The Morgan fingerprint density at radius 1 is 0.960 bits per heavy atom. The number of anilines is 1. The summed E-state index contributed by atoms with van der Waals surface area (Å²) in [6.07, 6.45) is 3.31. The summed E-state index contributed by atoms with van der Waals surface area (Å²) >= 11 is 0. The van der Waals surface area contributed by atoms with Gasteiger partial charge in [0, 0.05) is 62.8 Å². The van der Waals surface area contributed by atoms with Gasteiger partial charge < -0.3 is 9.80 Å². The Hall–Kier alpha value is -2.28. The molecule has 132 valence electrons. The molecule has 0 bridgehead atoms. The van der Waals surface area contributed by atoms with Gasteiger partial charge in [-0.3, -0.25) is 9.36 Å². The number of hydrogen-bond acceptors (Lipinski definition) is 6. The number of fused-ring (bicyclic) bond motifs is 1. The van der Waals surface area contributed by atoms with E-state index in [1.165, 1.54) is 0 Å². The van der Waals surface area contributed by atoms with Gasteiger partial charge in [-0.25, -0.2) is 15.0 Å². The molecule has 2 fully saturated rings. The van der Waals surface area contributed by atoms with E-state index in [0.29, 0.717) is 18.4 Å². The lowest BCUT2D eigenvalue weighted by molar-refractivity contribution is 0.300. The molecule has 2 saturated heterocycles. The highest BCUT2D eigenvalue weighted by Crippen LogP contribution is 2.33. The zero-order valence-corrected chi connectivity index (χ0v) is 14.8. The summed E-state index contributed by atoms with van der Waals surface area (Å²) in [6, 6.07) is 3.66. The molecule has 2 aliphatic rings. The fraction of sp³-hybridized carbons (Fsp3) is 0.556. The van der Waals surface area contributed by atoms with Gasteiger partial charge in [0.25, 0.3) is 5.56 Å². The summed E-state index contributed by atoms with van der Waals surface area (Å²) in [6.45, 7) is 9.78. The van der Waals surface area contributed by atoms with E-state index in [2.05, 4.69) is 30.8 Å². The smallest absolute Gasteiger partial charge is 0.253 e. The van der Waals surface area contributed by atoms with Gasteiger partial charge in [0.05, 0.1) is 6.33 Å². The van der Waals surface area contributed by atoms with Crippen molar-refractivity contribution >= 4 is 5.82 Å². The van der Waals surface area contributed by atoms with Crippen LogP contribution in [0.1, 0.15) is 11.4 Å². The maximum atomic E-state index is 12.0.